The molecule has 2 unspecified atom stereocenters. The average Bonchev–Trinajstić information content (AvgIpc) is 2.48. The molecule has 112 valence electrons. The maximum Gasteiger partial charge on any atom is 0.200 e. The number of rotatable bonds is 5. The minimum atomic E-state index is -1.02. The van der Waals surface area contributed by atoms with E-state index in [4.69, 9.17) is 22.1 Å². The van der Waals surface area contributed by atoms with E-state index < -0.39 is 17.7 Å². The van der Waals surface area contributed by atoms with Gasteiger partial charge in [-0.15, -0.1) is 0 Å². The Hall–Kier alpha value is -1.65. The van der Waals surface area contributed by atoms with Crippen LogP contribution in [0.1, 0.15) is 25.0 Å². The normalized spacial score (nSPS) is 13.8. The van der Waals surface area contributed by atoms with Gasteiger partial charge in [-0.25, -0.2) is 4.39 Å². The SMILES string of the molecule is CCC(N)C(Oc1cccc(F)c1F)c1cccc(Cl)c1. The van der Waals surface area contributed by atoms with Gasteiger partial charge in [-0.1, -0.05) is 36.7 Å². The minimum Gasteiger partial charge on any atom is -0.481 e. The van der Waals surface area contributed by atoms with Crippen molar-refractivity contribution in [1.82, 2.24) is 0 Å². The molecule has 0 aliphatic heterocycles. The van der Waals surface area contributed by atoms with E-state index in [0.29, 0.717) is 11.4 Å². The van der Waals surface area contributed by atoms with E-state index in [9.17, 15) is 8.78 Å². The fraction of sp³-hybridized carbons (Fsp3) is 0.250. The van der Waals surface area contributed by atoms with Gasteiger partial charge in [0.05, 0.1) is 0 Å². The van der Waals surface area contributed by atoms with Gasteiger partial charge in [0.1, 0.15) is 6.10 Å². The lowest BCUT2D eigenvalue weighted by Crippen LogP contribution is -2.31. The van der Waals surface area contributed by atoms with Gasteiger partial charge in [0, 0.05) is 11.1 Å². The van der Waals surface area contributed by atoms with Crippen molar-refractivity contribution < 1.29 is 13.5 Å². The highest BCUT2D eigenvalue weighted by Gasteiger charge is 2.23. The summed E-state index contributed by atoms with van der Waals surface area (Å²) in [5, 5.41) is 0.532. The third-order valence-corrected chi connectivity index (χ3v) is 3.44. The van der Waals surface area contributed by atoms with Gasteiger partial charge in [0.25, 0.3) is 0 Å². The number of benzene rings is 2. The van der Waals surface area contributed by atoms with Crippen LogP contribution in [0, 0.1) is 11.6 Å². The lowest BCUT2D eigenvalue weighted by atomic mass is 10.0. The second-order valence-electron chi connectivity index (χ2n) is 4.72. The summed E-state index contributed by atoms with van der Waals surface area (Å²) in [5.74, 6) is -2.14. The third-order valence-electron chi connectivity index (χ3n) is 3.21. The van der Waals surface area contributed by atoms with Gasteiger partial charge in [0.2, 0.25) is 5.82 Å². The zero-order valence-electron chi connectivity index (χ0n) is 11.5. The summed E-state index contributed by atoms with van der Waals surface area (Å²) >= 11 is 5.97. The zero-order chi connectivity index (χ0) is 15.4. The molecule has 21 heavy (non-hydrogen) atoms. The summed E-state index contributed by atoms with van der Waals surface area (Å²) in [6.07, 6.45) is 0.0127. The summed E-state index contributed by atoms with van der Waals surface area (Å²) < 4.78 is 32.7. The van der Waals surface area contributed by atoms with Crippen LogP contribution in [-0.2, 0) is 0 Å². The molecule has 0 fully saturated rings. The second kappa shape index (κ2) is 6.87. The highest BCUT2D eigenvalue weighted by Crippen LogP contribution is 2.29. The predicted molar refractivity (Wildman–Crippen MR) is 79.4 cm³/mol. The maximum atomic E-state index is 13.8. The number of hydrogen-bond donors (Lipinski definition) is 1. The van der Waals surface area contributed by atoms with Crippen LogP contribution < -0.4 is 10.5 Å². The highest BCUT2D eigenvalue weighted by atomic mass is 35.5. The Balaban J connectivity index is 2.35. The molecule has 0 saturated heterocycles. The molecule has 2 rings (SSSR count). The molecule has 2 atom stereocenters. The van der Waals surface area contributed by atoms with Gasteiger partial charge in [-0.05, 0) is 36.2 Å². The molecule has 2 aromatic carbocycles. The quantitative estimate of drug-likeness (QED) is 0.884. The summed E-state index contributed by atoms with van der Waals surface area (Å²) in [5.41, 5.74) is 6.77. The van der Waals surface area contributed by atoms with E-state index >= 15 is 0 Å². The van der Waals surface area contributed by atoms with E-state index in [2.05, 4.69) is 0 Å². The Morgan fingerprint density at radius 3 is 2.57 bits per heavy atom. The monoisotopic (exact) mass is 311 g/mol. The van der Waals surface area contributed by atoms with Crippen LogP contribution in [0.4, 0.5) is 8.78 Å². The first-order valence-electron chi connectivity index (χ1n) is 6.64. The molecule has 0 bridgehead atoms. The predicted octanol–water partition coefficient (Wildman–Crippen LogP) is 4.48. The van der Waals surface area contributed by atoms with Crippen molar-refractivity contribution in [1.29, 1.82) is 0 Å². The first-order chi connectivity index (χ1) is 10.0. The van der Waals surface area contributed by atoms with E-state index in [0.717, 1.165) is 11.6 Å². The fourth-order valence-electron chi connectivity index (χ4n) is 2.01. The summed E-state index contributed by atoms with van der Waals surface area (Å²) in [6.45, 7) is 1.90. The smallest absolute Gasteiger partial charge is 0.200 e. The molecule has 0 aromatic heterocycles. The van der Waals surface area contributed by atoms with E-state index in [1.807, 2.05) is 6.92 Å². The van der Waals surface area contributed by atoms with Crippen LogP contribution in [0.3, 0.4) is 0 Å². The molecule has 0 radical (unpaired) electrons. The molecule has 0 heterocycles. The van der Waals surface area contributed by atoms with E-state index in [1.165, 1.54) is 12.1 Å². The Labute approximate surface area is 127 Å². The zero-order valence-corrected chi connectivity index (χ0v) is 12.3. The molecule has 0 spiro atoms. The van der Waals surface area contributed by atoms with Crippen LogP contribution in [-0.4, -0.2) is 6.04 Å². The topological polar surface area (TPSA) is 35.2 Å². The maximum absolute atomic E-state index is 13.8. The van der Waals surface area contributed by atoms with E-state index in [-0.39, 0.29) is 11.8 Å². The van der Waals surface area contributed by atoms with Crippen molar-refractivity contribution in [3.8, 4) is 5.75 Å². The Morgan fingerprint density at radius 1 is 1.19 bits per heavy atom. The van der Waals surface area contributed by atoms with Crippen molar-refractivity contribution in [2.24, 2.45) is 5.73 Å². The number of nitrogens with two attached hydrogens (primary N) is 1. The van der Waals surface area contributed by atoms with Crippen molar-refractivity contribution >= 4 is 11.6 Å². The van der Waals surface area contributed by atoms with E-state index in [1.54, 1.807) is 24.3 Å². The Bertz CT molecular complexity index is 621. The highest BCUT2D eigenvalue weighted by molar-refractivity contribution is 6.30. The number of ether oxygens (including phenoxy) is 1. The molecule has 0 saturated carbocycles. The van der Waals surface area contributed by atoms with Gasteiger partial charge in [-0.3, -0.25) is 0 Å². The Kier molecular flexibility index (Phi) is 5.15. The second-order valence-corrected chi connectivity index (χ2v) is 5.15. The van der Waals surface area contributed by atoms with Gasteiger partial charge in [-0.2, -0.15) is 4.39 Å². The van der Waals surface area contributed by atoms with Crippen molar-refractivity contribution in [2.45, 2.75) is 25.5 Å². The van der Waals surface area contributed by atoms with Gasteiger partial charge in [0.15, 0.2) is 11.6 Å². The molecular formula is C16H16ClF2NO. The molecule has 0 aliphatic rings. The first kappa shape index (κ1) is 15.7. The standard InChI is InChI=1S/C16H16ClF2NO/c1-2-13(20)16(10-5-3-6-11(17)9-10)21-14-8-4-7-12(18)15(14)19/h3-9,13,16H,2,20H2,1H3. The largest absolute Gasteiger partial charge is 0.481 e. The lowest BCUT2D eigenvalue weighted by molar-refractivity contribution is 0.162. The van der Waals surface area contributed by atoms with Crippen molar-refractivity contribution in [2.75, 3.05) is 0 Å². The number of hydrogen-bond acceptors (Lipinski definition) is 2. The molecule has 2 nitrogen and oxygen atoms in total. The molecule has 5 heteroatoms. The van der Waals surface area contributed by atoms with Crippen LogP contribution in [0.25, 0.3) is 0 Å². The fourth-order valence-corrected chi connectivity index (χ4v) is 2.21. The van der Waals surface area contributed by atoms with Crippen LogP contribution in [0.2, 0.25) is 5.02 Å². The molecule has 2 aromatic rings. The average molecular weight is 312 g/mol. The van der Waals surface area contributed by atoms with Gasteiger partial charge >= 0.3 is 0 Å². The van der Waals surface area contributed by atoms with Crippen molar-refractivity contribution in [3.05, 3.63) is 64.7 Å². The molecule has 2 N–H and O–H groups in total. The molecular weight excluding hydrogens is 296 g/mol. The summed E-state index contributed by atoms with van der Waals surface area (Å²) in [7, 11) is 0. The van der Waals surface area contributed by atoms with Crippen LogP contribution in [0.5, 0.6) is 5.75 Å². The molecule has 0 amide bonds. The first-order valence-corrected chi connectivity index (χ1v) is 7.02. The van der Waals surface area contributed by atoms with Crippen LogP contribution in [0.15, 0.2) is 42.5 Å². The molecule has 0 aliphatic carbocycles. The number of halogens is 3. The summed E-state index contributed by atoms with van der Waals surface area (Å²) in [6, 6.07) is 10.4. The minimum absolute atomic E-state index is 0.163. The van der Waals surface area contributed by atoms with Crippen LogP contribution >= 0.6 is 11.6 Å². The van der Waals surface area contributed by atoms with Crippen molar-refractivity contribution in [3.63, 3.8) is 0 Å². The third kappa shape index (κ3) is 3.71. The summed E-state index contributed by atoms with van der Waals surface area (Å²) in [4.78, 5) is 0. The van der Waals surface area contributed by atoms with Gasteiger partial charge < -0.3 is 10.5 Å². The lowest BCUT2D eigenvalue weighted by Gasteiger charge is -2.25. The Morgan fingerprint density at radius 2 is 1.90 bits per heavy atom.